The van der Waals surface area contributed by atoms with E-state index in [1.54, 1.807) is 20.4 Å². The Morgan fingerprint density at radius 3 is 2.42 bits per heavy atom. The van der Waals surface area contributed by atoms with Gasteiger partial charge in [-0.3, -0.25) is 0 Å². The number of anilines is 2. The van der Waals surface area contributed by atoms with Crippen LogP contribution in [0.5, 0.6) is 5.88 Å². The first-order valence-electron chi connectivity index (χ1n) is 8.88. The SMILES string of the molecule is CCC(CC)Nc1ncc(-c2ccc(N(C)C)nc2OC)nc1COC. The summed E-state index contributed by atoms with van der Waals surface area (Å²) in [5.41, 5.74) is 2.29. The Bertz CT molecular complexity index is 717. The minimum absolute atomic E-state index is 0.362. The minimum Gasteiger partial charge on any atom is -0.480 e. The van der Waals surface area contributed by atoms with Crippen molar-refractivity contribution in [1.82, 2.24) is 15.0 Å². The fraction of sp³-hybridized carbons (Fsp3) is 0.526. The van der Waals surface area contributed by atoms with Crippen LogP contribution in [0.3, 0.4) is 0 Å². The highest BCUT2D eigenvalue weighted by molar-refractivity contribution is 5.67. The zero-order chi connectivity index (χ0) is 19.1. The summed E-state index contributed by atoms with van der Waals surface area (Å²) in [6.07, 6.45) is 3.80. The summed E-state index contributed by atoms with van der Waals surface area (Å²) in [4.78, 5) is 15.8. The van der Waals surface area contributed by atoms with Gasteiger partial charge in [-0.25, -0.2) is 9.97 Å². The van der Waals surface area contributed by atoms with E-state index in [-0.39, 0.29) is 0 Å². The van der Waals surface area contributed by atoms with Gasteiger partial charge in [0.15, 0.2) is 0 Å². The maximum absolute atomic E-state index is 5.47. The quantitative estimate of drug-likeness (QED) is 0.736. The first-order valence-corrected chi connectivity index (χ1v) is 8.88. The van der Waals surface area contributed by atoms with Crippen molar-refractivity contribution >= 4 is 11.6 Å². The molecule has 0 spiro atoms. The fourth-order valence-electron chi connectivity index (χ4n) is 2.63. The molecule has 0 radical (unpaired) electrons. The van der Waals surface area contributed by atoms with Gasteiger partial charge in [0.1, 0.15) is 17.3 Å². The summed E-state index contributed by atoms with van der Waals surface area (Å²) in [5, 5.41) is 3.46. The van der Waals surface area contributed by atoms with E-state index in [0.29, 0.717) is 24.2 Å². The Morgan fingerprint density at radius 2 is 1.85 bits per heavy atom. The van der Waals surface area contributed by atoms with Gasteiger partial charge in [-0.15, -0.1) is 0 Å². The summed E-state index contributed by atoms with van der Waals surface area (Å²) < 4.78 is 10.8. The molecule has 0 saturated heterocycles. The van der Waals surface area contributed by atoms with Gasteiger partial charge >= 0.3 is 0 Å². The predicted molar refractivity (Wildman–Crippen MR) is 105 cm³/mol. The Hall–Kier alpha value is -2.41. The molecule has 142 valence electrons. The maximum Gasteiger partial charge on any atom is 0.224 e. The summed E-state index contributed by atoms with van der Waals surface area (Å²) in [6, 6.07) is 4.25. The standard InChI is InChI=1S/C19H29N5O2/c1-7-13(8-2)21-18-16(12-25-5)22-15(11-20-18)14-9-10-17(24(3)4)23-19(14)26-6/h9-11,13H,7-8,12H2,1-6H3,(H,20,21). The van der Waals surface area contributed by atoms with Crippen molar-refractivity contribution in [3.05, 3.63) is 24.0 Å². The normalized spacial score (nSPS) is 10.9. The Kier molecular flexibility index (Phi) is 7.15. The molecule has 0 unspecified atom stereocenters. The van der Waals surface area contributed by atoms with Crippen LogP contribution in [-0.4, -0.2) is 49.3 Å². The van der Waals surface area contributed by atoms with E-state index in [0.717, 1.165) is 35.7 Å². The number of ether oxygens (including phenoxy) is 2. The summed E-state index contributed by atoms with van der Waals surface area (Å²) >= 11 is 0. The molecule has 0 aromatic carbocycles. The van der Waals surface area contributed by atoms with Crippen molar-refractivity contribution in [3.8, 4) is 17.1 Å². The van der Waals surface area contributed by atoms with E-state index in [4.69, 9.17) is 14.5 Å². The number of nitrogens with one attached hydrogen (secondary N) is 1. The van der Waals surface area contributed by atoms with Crippen LogP contribution in [0.1, 0.15) is 32.4 Å². The Morgan fingerprint density at radius 1 is 1.12 bits per heavy atom. The molecule has 0 fully saturated rings. The molecule has 0 atom stereocenters. The molecule has 2 aromatic heterocycles. The molecule has 1 N–H and O–H groups in total. The zero-order valence-electron chi connectivity index (χ0n) is 16.5. The van der Waals surface area contributed by atoms with E-state index in [9.17, 15) is 0 Å². The molecule has 2 rings (SSSR count). The third kappa shape index (κ3) is 4.60. The number of aromatic nitrogens is 3. The number of hydrogen-bond donors (Lipinski definition) is 1. The smallest absolute Gasteiger partial charge is 0.224 e. The molecular weight excluding hydrogens is 330 g/mol. The molecule has 7 nitrogen and oxygen atoms in total. The van der Waals surface area contributed by atoms with Crippen molar-refractivity contribution in [1.29, 1.82) is 0 Å². The highest BCUT2D eigenvalue weighted by atomic mass is 16.5. The molecule has 26 heavy (non-hydrogen) atoms. The summed E-state index contributed by atoms with van der Waals surface area (Å²) in [7, 11) is 7.15. The molecule has 0 saturated carbocycles. The molecule has 0 aliphatic carbocycles. The third-order valence-corrected chi connectivity index (χ3v) is 4.23. The lowest BCUT2D eigenvalue weighted by molar-refractivity contribution is 0.182. The molecule has 2 heterocycles. The van der Waals surface area contributed by atoms with Crippen LogP contribution < -0.4 is 15.0 Å². The highest BCUT2D eigenvalue weighted by Gasteiger charge is 2.16. The second-order valence-corrected chi connectivity index (χ2v) is 6.26. The fourth-order valence-corrected chi connectivity index (χ4v) is 2.63. The van der Waals surface area contributed by atoms with Gasteiger partial charge in [0, 0.05) is 27.2 Å². The molecule has 0 aliphatic rings. The van der Waals surface area contributed by atoms with E-state index >= 15 is 0 Å². The third-order valence-electron chi connectivity index (χ3n) is 4.23. The van der Waals surface area contributed by atoms with E-state index in [1.807, 2.05) is 31.1 Å². The number of nitrogens with zero attached hydrogens (tertiary/aromatic N) is 4. The first-order chi connectivity index (χ1) is 12.5. The largest absolute Gasteiger partial charge is 0.480 e. The van der Waals surface area contributed by atoms with Crippen molar-refractivity contribution in [2.75, 3.05) is 38.5 Å². The van der Waals surface area contributed by atoms with Crippen LogP contribution in [0.25, 0.3) is 11.3 Å². The highest BCUT2D eigenvalue weighted by Crippen LogP contribution is 2.30. The van der Waals surface area contributed by atoms with Crippen LogP contribution in [0.4, 0.5) is 11.6 Å². The Balaban J connectivity index is 2.43. The summed E-state index contributed by atoms with van der Waals surface area (Å²) in [5.74, 6) is 2.11. The molecule has 0 amide bonds. The van der Waals surface area contributed by atoms with Crippen molar-refractivity contribution in [2.24, 2.45) is 0 Å². The number of hydrogen-bond acceptors (Lipinski definition) is 7. The van der Waals surface area contributed by atoms with Crippen LogP contribution in [-0.2, 0) is 11.3 Å². The predicted octanol–water partition coefficient (Wildman–Crippen LogP) is 3.36. The van der Waals surface area contributed by atoms with Gasteiger partial charge in [0.2, 0.25) is 5.88 Å². The lowest BCUT2D eigenvalue weighted by atomic mass is 10.1. The van der Waals surface area contributed by atoms with Gasteiger partial charge in [-0.2, -0.15) is 4.98 Å². The van der Waals surface area contributed by atoms with Gasteiger partial charge in [-0.05, 0) is 25.0 Å². The molecule has 0 bridgehead atoms. The Labute approximate surface area is 155 Å². The molecule has 0 aliphatic heterocycles. The van der Waals surface area contributed by atoms with Crippen LogP contribution in [0.15, 0.2) is 18.3 Å². The van der Waals surface area contributed by atoms with Crippen LogP contribution in [0, 0.1) is 0 Å². The molecule has 2 aromatic rings. The average molecular weight is 359 g/mol. The lowest BCUT2D eigenvalue weighted by Crippen LogP contribution is -2.20. The van der Waals surface area contributed by atoms with Crippen LogP contribution in [0.2, 0.25) is 0 Å². The van der Waals surface area contributed by atoms with E-state index < -0.39 is 0 Å². The van der Waals surface area contributed by atoms with E-state index in [1.165, 1.54) is 0 Å². The number of rotatable bonds is 9. The number of pyridine rings is 1. The van der Waals surface area contributed by atoms with Gasteiger partial charge < -0.3 is 19.7 Å². The second-order valence-electron chi connectivity index (χ2n) is 6.26. The average Bonchev–Trinajstić information content (AvgIpc) is 2.66. The minimum atomic E-state index is 0.362. The second kappa shape index (κ2) is 9.33. The van der Waals surface area contributed by atoms with Gasteiger partial charge in [-0.1, -0.05) is 13.8 Å². The molecular formula is C19H29N5O2. The number of methoxy groups -OCH3 is 2. The van der Waals surface area contributed by atoms with Crippen molar-refractivity contribution in [2.45, 2.75) is 39.3 Å². The topological polar surface area (TPSA) is 72.4 Å². The molecule has 7 heteroatoms. The summed E-state index contributed by atoms with van der Waals surface area (Å²) in [6.45, 7) is 4.69. The monoisotopic (exact) mass is 359 g/mol. The van der Waals surface area contributed by atoms with Crippen molar-refractivity contribution in [3.63, 3.8) is 0 Å². The van der Waals surface area contributed by atoms with E-state index in [2.05, 4.69) is 29.1 Å². The van der Waals surface area contributed by atoms with Gasteiger partial charge in [0.25, 0.3) is 0 Å². The van der Waals surface area contributed by atoms with Crippen LogP contribution >= 0.6 is 0 Å². The van der Waals surface area contributed by atoms with Crippen molar-refractivity contribution < 1.29 is 9.47 Å². The first kappa shape index (κ1) is 19.9. The van der Waals surface area contributed by atoms with Gasteiger partial charge in [0.05, 0.1) is 31.2 Å². The maximum atomic E-state index is 5.47. The zero-order valence-corrected chi connectivity index (χ0v) is 16.5. The lowest BCUT2D eigenvalue weighted by Gasteiger charge is -2.18.